The molecule has 0 N–H and O–H groups in total. The van der Waals surface area contributed by atoms with Crippen molar-refractivity contribution >= 4 is 12.1 Å². The first kappa shape index (κ1) is 24.5. The maximum absolute atomic E-state index is 13.7. The van der Waals surface area contributed by atoms with Crippen molar-refractivity contribution in [1.29, 1.82) is 0 Å². The average molecular weight is 450 g/mol. The van der Waals surface area contributed by atoms with E-state index in [4.69, 9.17) is 9.47 Å². The van der Waals surface area contributed by atoms with E-state index in [9.17, 15) is 14.0 Å². The number of likely N-dealkylation sites (tertiary alicyclic amines) is 1. The lowest BCUT2D eigenvalue weighted by atomic mass is 10.1. The second-order valence-corrected chi connectivity index (χ2v) is 8.84. The second kappa shape index (κ2) is 12.2. The van der Waals surface area contributed by atoms with Crippen LogP contribution in [0.15, 0.2) is 30.3 Å². The zero-order valence-corrected chi connectivity index (χ0v) is 19.2. The quantitative estimate of drug-likeness (QED) is 0.427. The molecular formula is C24H36FN3O4. The summed E-state index contributed by atoms with van der Waals surface area (Å²) in [6.07, 6.45) is 1.21. The molecule has 0 saturated carbocycles. The second-order valence-electron chi connectivity index (χ2n) is 8.84. The number of halogens is 1. The maximum atomic E-state index is 13.7. The van der Waals surface area contributed by atoms with Gasteiger partial charge in [-0.3, -0.25) is 14.6 Å². The molecule has 0 spiro atoms. The predicted octanol–water partition coefficient (Wildman–Crippen LogP) is 3.09. The lowest BCUT2D eigenvalue weighted by Gasteiger charge is -2.45. The van der Waals surface area contributed by atoms with E-state index in [2.05, 4.69) is 16.7 Å². The van der Waals surface area contributed by atoms with Gasteiger partial charge in [-0.2, -0.15) is 0 Å². The summed E-state index contributed by atoms with van der Waals surface area (Å²) in [5.74, 6) is -0.296. The van der Waals surface area contributed by atoms with Gasteiger partial charge in [0.15, 0.2) is 0 Å². The van der Waals surface area contributed by atoms with E-state index < -0.39 is 6.17 Å². The van der Waals surface area contributed by atoms with Crippen LogP contribution in [0.1, 0.15) is 38.7 Å². The van der Waals surface area contributed by atoms with Crippen molar-refractivity contribution in [2.24, 2.45) is 0 Å². The molecule has 2 aliphatic rings. The summed E-state index contributed by atoms with van der Waals surface area (Å²) < 4.78 is 24.6. The molecule has 7 nitrogen and oxygen atoms in total. The Hall–Kier alpha value is -2.19. The first-order valence-electron chi connectivity index (χ1n) is 11.7. The highest BCUT2D eigenvalue weighted by atomic mass is 19.1. The number of hydrogen-bond donors (Lipinski definition) is 0. The topological polar surface area (TPSA) is 62.3 Å². The van der Waals surface area contributed by atoms with Crippen molar-refractivity contribution in [3.8, 4) is 0 Å². The van der Waals surface area contributed by atoms with Gasteiger partial charge in [0, 0.05) is 44.8 Å². The van der Waals surface area contributed by atoms with Crippen LogP contribution in [0.4, 0.5) is 9.18 Å². The van der Waals surface area contributed by atoms with Crippen LogP contribution in [0.5, 0.6) is 0 Å². The molecule has 2 saturated heterocycles. The maximum Gasteiger partial charge on any atom is 0.410 e. The number of benzene rings is 1. The number of amides is 1. The van der Waals surface area contributed by atoms with Crippen LogP contribution in [-0.4, -0.2) is 90.9 Å². The molecule has 2 heterocycles. The van der Waals surface area contributed by atoms with Crippen LogP contribution in [0.25, 0.3) is 0 Å². The molecule has 32 heavy (non-hydrogen) atoms. The molecule has 8 heteroatoms. The number of unbranched alkanes of at least 4 members (excludes halogenated alkanes) is 1. The highest BCUT2D eigenvalue weighted by Crippen LogP contribution is 2.20. The molecule has 1 aromatic carbocycles. The molecule has 3 atom stereocenters. The molecule has 1 amide bonds. The van der Waals surface area contributed by atoms with Gasteiger partial charge in [-0.25, -0.2) is 9.18 Å². The summed E-state index contributed by atoms with van der Waals surface area (Å²) in [6, 6.07) is 9.41. The normalized spacial score (nSPS) is 24.5. The fourth-order valence-corrected chi connectivity index (χ4v) is 4.32. The van der Waals surface area contributed by atoms with E-state index in [1.165, 1.54) is 0 Å². The minimum atomic E-state index is -0.808. The van der Waals surface area contributed by atoms with E-state index in [-0.39, 0.29) is 37.3 Å². The number of carbonyl (C=O) groups excluding carboxylic acids is 2. The lowest BCUT2D eigenvalue weighted by Crippen LogP contribution is -2.62. The Morgan fingerprint density at radius 1 is 1.12 bits per heavy atom. The third-order valence-electron chi connectivity index (χ3n) is 6.17. The molecule has 0 unspecified atom stereocenters. The van der Waals surface area contributed by atoms with Crippen molar-refractivity contribution in [2.45, 2.75) is 58.0 Å². The summed E-state index contributed by atoms with van der Waals surface area (Å²) in [4.78, 5) is 31.1. The van der Waals surface area contributed by atoms with Gasteiger partial charge in [-0.1, -0.05) is 43.7 Å². The Labute approximate surface area is 190 Å². The molecule has 0 radical (unpaired) electrons. The average Bonchev–Trinajstić information content (AvgIpc) is 3.19. The zero-order valence-electron chi connectivity index (χ0n) is 19.2. The summed E-state index contributed by atoms with van der Waals surface area (Å²) in [6.45, 7) is 7.51. The molecule has 2 aliphatic heterocycles. The van der Waals surface area contributed by atoms with Gasteiger partial charge in [0.2, 0.25) is 0 Å². The van der Waals surface area contributed by atoms with Crippen molar-refractivity contribution in [3.05, 3.63) is 35.9 Å². The van der Waals surface area contributed by atoms with Gasteiger partial charge < -0.3 is 14.4 Å². The Balaban J connectivity index is 1.60. The van der Waals surface area contributed by atoms with Gasteiger partial charge in [-0.05, 0) is 25.3 Å². The number of piperazine rings is 1. The van der Waals surface area contributed by atoms with E-state index in [1.54, 1.807) is 4.90 Å². The van der Waals surface area contributed by atoms with E-state index in [1.807, 2.05) is 37.3 Å². The van der Waals surface area contributed by atoms with Crippen molar-refractivity contribution < 1.29 is 23.5 Å². The van der Waals surface area contributed by atoms with Crippen LogP contribution in [0.3, 0.4) is 0 Å². The van der Waals surface area contributed by atoms with Gasteiger partial charge in [-0.15, -0.1) is 0 Å². The van der Waals surface area contributed by atoms with Crippen molar-refractivity contribution in [3.63, 3.8) is 0 Å². The highest BCUT2D eigenvalue weighted by molar-refractivity contribution is 5.72. The Morgan fingerprint density at radius 2 is 1.91 bits per heavy atom. The number of alkyl halides is 1. The Bertz CT molecular complexity index is 735. The monoisotopic (exact) mass is 449 g/mol. The number of rotatable bonds is 9. The number of nitrogens with zero attached hydrogens (tertiary/aromatic N) is 3. The third-order valence-corrected chi connectivity index (χ3v) is 6.17. The van der Waals surface area contributed by atoms with Crippen LogP contribution in [-0.2, 0) is 20.9 Å². The Morgan fingerprint density at radius 3 is 2.59 bits per heavy atom. The number of ether oxygens (including phenoxy) is 2. The number of hydrogen-bond acceptors (Lipinski definition) is 6. The number of carbonyl (C=O) groups is 2. The molecule has 3 rings (SSSR count). The van der Waals surface area contributed by atoms with E-state index in [0.717, 1.165) is 18.4 Å². The summed E-state index contributed by atoms with van der Waals surface area (Å²) in [5, 5.41) is 0. The summed E-state index contributed by atoms with van der Waals surface area (Å²) in [5.41, 5.74) is 0.941. The largest absolute Gasteiger partial charge is 0.460 e. The van der Waals surface area contributed by atoms with Gasteiger partial charge in [0.1, 0.15) is 12.8 Å². The van der Waals surface area contributed by atoms with Gasteiger partial charge >= 0.3 is 12.1 Å². The summed E-state index contributed by atoms with van der Waals surface area (Å²) >= 11 is 0. The molecular weight excluding hydrogens is 413 g/mol. The molecule has 0 bridgehead atoms. The molecule has 2 fully saturated rings. The highest BCUT2D eigenvalue weighted by Gasteiger charge is 2.37. The third kappa shape index (κ3) is 7.17. The fourth-order valence-electron chi connectivity index (χ4n) is 4.32. The fraction of sp³-hybridized carbons (Fsp3) is 0.667. The first-order chi connectivity index (χ1) is 15.5. The molecule has 0 aromatic heterocycles. The minimum Gasteiger partial charge on any atom is -0.460 e. The Kier molecular flexibility index (Phi) is 9.29. The lowest BCUT2D eigenvalue weighted by molar-refractivity contribution is -0.148. The van der Waals surface area contributed by atoms with E-state index >= 15 is 0 Å². The van der Waals surface area contributed by atoms with Crippen molar-refractivity contribution in [2.75, 3.05) is 45.9 Å². The predicted molar refractivity (Wildman–Crippen MR) is 120 cm³/mol. The molecule has 1 aromatic rings. The van der Waals surface area contributed by atoms with Gasteiger partial charge in [0.05, 0.1) is 13.2 Å². The molecule has 0 aliphatic carbocycles. The molecule has 178 valence electrons. The zero-order chi connectivity index (χ0) is 22.9. The minimum absolute atomic E-state index is 0.0838. The van der Waals surface area contributed by atoms with Crippen LogP contribution < -0.4 is 0 Å². The van der Waals surface area contributed by atoms with Crippen LogP contribution in [0, 0.1) is 0 Å². The van der Waals surface area contributed by atoms with Gasteiger partial charge in [0.25, 0.3) is 0 Å². The summed E-state index contributed by atoms with van der Waals surface area (Å²) in [7, 11) is 0. The number of esters is 1. The first-order valence-corrected chi connectivity index (χ1v) is 11.7. The van der Waals surface area contributed by atoms with E-state index in [0.29, 0.717) is 45.8 Å². The van der Waals surface area contributed by atoms with Crippen LogP contribution >= 0.6 is 0 Å². The van der Waals surface area contributed by atoms with Crippen LogP contribution in [0.2, 0.25) is 0 Å². The smallest absolute Gasteiger partial charge is 0.410 e. The standard InChI is InChI=1S/C24H36FN3O4/c1-3-4-12-31-24(30)28-16-22(15-26-11-10-21(25)14-26)27(13-19(28)2)17-23(29)32-18-20-8-6-5-7-9-20/h5-9,19,21-22H,3-4,10-18H2,1-2H3/t19-,21-,22+/m1/s1. The SMILES string of the molecule is CCCCOC(=O)N1C[C@H](CN2CC[C@@H](F)C2)N(CC(=O)OCc2ccccc2)C[C@H]1C. The van der Waals surface area contributed by atoms with Crippen molar-refractivity contribution in [1.82, 2.24) is 14.7 Å².